The maximum atomic E-state index is 14.0. The van der Waals surface area contributed by atoms with Crippen LogP contribution in [-0.4, -0.2) is 0 Å². The number of alkyl halides is 1. The molecule has 0 aromatic heterocycles. The van der Waals surface area contributed by atoms with E-state index in [0.29, 0.717) is 11.4 Å². The number of halogens is 2. The zero-order valence-electron chi connectivity index (χ0n) is 7.61. The minimum atomic E-state index is -1.18. The largest absolute Gasteiger partial charge is 0.239 e. The molecule has 0 N–H and O–H groups in total. The van der Waals surface area contributed by atoms with Crippen molar-refractivity contribution >= 4 is 11.6 Å². The van der Waals surface area contributed by atoms with E-state index in [2.05, 4.69) is 0 Å². The fraction of sp³-hybridized carbons (Fsp3) is 0.455. The van der Waals surface area contributed by atoms with Crippen LogP contribution in [0, 0.1) is 0 Å². The maximum absolute atomic E-state index is 14.0. The lowest BCUT2D eigenvalue weighted by Gasteiger charge is -2.29. The second-order valence-corrected chi connectivity index (χ2v) is 4.22. The third-order valence-corrected chi connectivity index (χ3v) is 3.11. The van der Waals surface area contributed by atoms with Crippen LogP contribution in [0.5, 0.6) is 0 Å². The van der Waals surface area contributed by atoms with Gasteiger partial charge in [0.05, 0.1) is 0 Å². The second kappa shape index (κ2) is 2.98. The predicted molar refractivity (Wildman–Crippen MR) is 52.9 cm³/mol. The number of benzene rings is 1. The van der Waals surface area contributed by atoms with E-state index in [1.807, 2.05) is 18.2 Å². The summed E-state index contributed by atoms with van der Waals surface area (Å²) in [7, 11) is 0. The summed E-state index contributed by atoms with van der Waals surface area (Å²) in [6, 6.07) is 5.51. The Morgan fingerprint density at radius 1 is 1.46 bits per heavy atom. The van der Waals surface area contributed by atoms with Crippen molar-refractivity contribution < 1.29 is 4.39 Å². The first-order valence-corrected chi connectivity index (χ1v) is 4.96. The van der Waals surface area contributed by atoms with Crippen LogP contribution < -0.4 is 0 Å². The minimum absolute atomic E-state index is 0.611. The lowest BCUT2D eigenvalue weighted by Crippen LogP contribution is -2.22. The van der Waals surface area contributed by atoms with Gasteiger partial charge in [0.1, 0.15) is 5.67 Å². The minimum Gasteiger partial charge on any atom is -0.239 e. The van der Waals surface area contributed by atoms with Crippen LogP contribution in [0.3, 0.4) is 0 Å². The Kier molecular flexibility index (Phi) is 2.07. The van der Waals surface area contributed by atoms with Gasteiger partial charge in [-0.1, -0.05) is 23.7 Å². The molecule has 1 unspecified atom stereocenters. The highest BCUT2D eigenvalue weighted by Crippen LogP contribution is 2.40. The van der Waals surface area contributed by atoms with Crippen LogP contribution in [0.25, 0.3) is 0 Å². The van der Waals surface area contributed by atoms with Gasteiger partial charge in [-0.3, -0.25) is 0 Å². The molecule has 0 heterocycles. The van der Waals surface area contributed by atoms with Gasteiger partial charge in [0, 0.05) is 5.02 Å². The van der Waals surface area contributed by atoms with Gasteiger partial charge in [-0.05, 0) is 43.4 Å². The average molecular weight is 199 g/mol. The summed E-state index contributed by atoms with van der Waals surface area (Å²) in [6.07, 6.45) is 2.42. The molecule has 1 atom stereocenters. The molecule has 1 aromatic rings. The van der Waals surface area contributed by atoms with Crippen molar-refractivity contribution in [2.24, 2.45) is 0 Å². The SMILES string of the molecule is CC1(F)CCCc2c(Cl)cccc21. The van der Waals surface area contributed by atoms with Crippen LogP contribution in [0.1, 0.15) is 30.9 Å². The van der Waals surface area contributed by atoms with Crippen molar-refractivity contribution in [2.45, 2.75) is 31.9 Å². The molecule has 70 valence electrons. The molecule has 1 aliphatic rings. The quantitative estimate of drug-likeness (QED) is 0.594. The van der Waals surface area contributed by atoms with E-state index >= 15 is 0 Å². The first-order valence-electron chi connectivity index (χ1n) is 4.58. The summed E-state index contributed by atoms with van der Waals surface area (Å²) in [4.78, 5) is 0. The van der Waals surface area contributed by atoms with Crippen molar-refractivity contribution in [1.82, 2.24) is 0 Å². The Morgan fingerprint density at radius 2 is 2.23 bits per heavy atom. The van der Waals surface area contributed by atoms with Gasteiger partial charge < -0.3 is 0 Å². The number of rotatable bonds is 0. The van der Waals surface area contributed by atoms with Gasteiger partial charge in [0.25, 0.3) is 0 Å². The number of hydrogen-bond acceptors (Lipinski definition) is 0. The Hall–Kier alpha value is -0.560. The lowest BCUT2D eigenvalue weighted by atomic mass is 9.82. The molecule has 0 fully saturated rings. The molecule has 2 rings (SSSR count). The van der Waals surface area contributed by atoms with E-state index in [0.717, 1.165) is 24.0 Å². The fourth-order valence-electron chi connectivity index (χ4n) is 2.03. The van der Waals surface area contributed by atoms with E-state index in [9.17, 15) is 4.39 Å². The third kappa shape index (κ3) is 1.46. The van der Waals surface area contributed by atoms with Gasteiger partial charge in [-0.15, -0.1) is 0 Å². The average Bonchev–Trinajstić information content (AvgIpc) is 2.06. The smallest absolute Gasteiger partial charge is 0.133 e. The Balaban J connectivity index is 2.58. The summed E-state index contributed by atoms with van der Waals surface area (Å²) in [5, 5.41) is 0.709. The van der Waals surface area contributed by atoms with E-state index < -0.39 is 5.67 Å². The maximum Gasteiger partial charge on any atom is 0.133 e. The molecule has 0 radical (unpaired) electrons. The molecule has 0 spiro atoms. The van der Waals surface area contributed by atoms with Crippen molar-refractivity contribution in [1.29, 1.82) is 0 Å². The molecular weight excluding hydrogens is 187 g/mol. The highest BCUT2D eigenvalue weighted by molar-refractivity contribution is 6.31. The number of hydrogen-bond donors (Lipinski definition) is 0. The van der Waals surface area contributed by atoms with Crippen LogP contribution >= 0.6 is 11.6 Å². The molecule has 1 aliphatic carbocycles. The molecule has 0 bridgehead atoms. The Labute approximate surface area is 82.7 Å². The molecular formula is C11H12ClF. The van der Waals surface area contributed by atoms with Gasteiger partial charge in [0.15, 0.2) is 0 Å². The van der Waals surface area contributed by atoms with Crippen molar-refractivity contribution in [3.8, 4) is 0 Å². The van der Waals surface area contributed by atoms with Crippen molar-refractivity contribution in [3.63, 3.8) is 0 Å². The summed E-state index contributed by atoms with van der Waals surface area (Å²) < 4.78 is 14.0. The van der Waals surface area contributed by atoms with Crippen molar-refractivity contribution in [3.05, 3.63) is 34.3 Å². The van der Waals surface area contributed by atoms with Crippen LogP contribution in [0.2, 0.25) is 5.02 Å². The summed E-state index contributed by atoms with van der Waals surface area (Å²) in [5.74, 6) is 0. The number of fused-ring (bicyclic) bond motifs is 1. The molecule has 0 nitrogen and oxygen atoms in total. The zero-order chi connectivity index (χ0) is 9.47. The molecule has 13 heavy (non-hydrogen) atoms. The predicted octanol–water partition coefficient (Wildman–Crippen LogP) is 3.86. The molecule has 0 saturated carbocycles. The highest BCUT2D eigenvalue weighted by Gasteiger charge is 2.32. The van der Waals surface area contributed by atoms with Crippen molar-refractivity contribution in [2.75, 3.05) is 0 Å². The van der Waals surface area contributed by atoms with Gasteiger partial charge in [0.2, 0.25) is 0 Å². The summed E-state index contributed by atoms with van der Waals surface area (Å²) in [6.45, 7) is 1.64. The standard InChI is InChI=1S/C11H12ClF/c1-11(13)7-3-4-8-9(11)5-2-6-10(8)12/h2,5-6H,3-4,7H2,1H3. The zero-order valence-corrected chi connectivity index (χ0v) is 8.37. The first-order chi connectivity index (χ1) is 6.11. The fourth-order valence-corrected chi connectivity index (χ4v) is 2.30. The molecule has 2 heteroatoms. The Bertz CT molecular complexity index is 331. The second-order valence-electron chi connectivity index (χ2n) is 3.82. The third-order valence-electron chi connectivity index (χ3n) is 2.75. The first kappa shape index (κ1) is 9.01. The van der Waals surface area contributed by atoms with Crippen LogP contribution in [-0.2, 0) is 12.1 Å². The monoisotopic (exact) mass is 198 g/mol. The van der Waals surface area contributed by atoms with Crippen LogP contribution in [0.4, 0.5) is 4.39 Å². The van der Waals surface area contributed by atoms with Gasteiger partial charge in [-0.2, -0.15) is 0 Å². The highest BCUT2D eigenvalue weighted by atomic mass is 35.5. The van der Waals surface area contributed by atoms with E-state index in [4.69, 9.17) is 11.6 Å². The normalized spacial score (nSPS) is 27.0. The molecule has 0 aliphatic heterocycles. The van der Waals surface area contributed by atoms with E-state index in [1.54, 1.807) is 6.92 Å². The van der Waals surface area contributed by atoms with Crippen LogP contribution in [0.15, 0.2) is 18.2 Å². The molecule has 1 aromatic carbocycles. The van der Waals surface area contributed by atoms with Gasteiger partial charge >= 0.3 is 0 Å². The lowest BCUT2D eigenvalue weighted by molar-refractivity contribution is 0.162. The molecule has 0 saturated heterocycles. The van der Waals surface area contributed by atoms with Gasteiger partial charge in [-0.25, -0.2) is 4.39 Å². The summed E-state index contributed by atoms with van der Waals surface area (Å²) >= 11 is 6.00. The summed E-state index contributed by atoms with van der Waals surface area (Å²) in [5.41, 5.74) is 0.602. The van der Waals surface area contributed by atoms with E-state index in [1.165, 1.54) is 0 Å². The topological polar surface area (TPSA) is 0 Å². The molecule has 0 amide bonds. The Morgan fingerprint density at radius 3 is 2.92 bits per heavy atom. The van der Waals surface area contributed by atoms with E-state index in [-0.39, 0.29) is 0 Å².